The number of carbonyl (C=O) groups excluding carboxylic acids is 1. The first kappa shape index (κ1) is 19.0. The lowest BCUT2D eigenvalue weighted by Crippen LogP contribution is -2.20. The Balaban J connectivity index is 2.09. The van der Waals surface area contributed by atoms with Crippen LogP contribution in [0.3, 0.4) is 0 Å². The molecule has 27 heavy (non-hydrogen) atoms. The largest absolute Gasteiger partial charge is 0.469 e. The van der Waals surface area contributed by atoms with Crippen molar-refractivity contribution in [2.45, 2.75) is 33.1 Å². The van der Waals surface area contributed by atoms with Gasteiger partial charge in [-0.25, -0.2) is 4.98 Å². The summed E-state index contributed by atoms with van der Waals surface area (Å²) in [6.07, 6.45) is 1.94. The Hall–Kier alpha value is -2.74. The van der Waals surface area contributed by atoms with Gasteiger partial charge in [0.15, 0.2) is 0 Å². The van der Waals surface area contributed by atoms with Gasteiger partial charge in [-0.15, -0.1) is 0 Å². The molecule has 0 bridgehead atoms. The first-order valence-electron chi connectivity index (χ1n) is 8.83. The number of aliphatic imine (C=N–C) groups is 1. The molecule has 0 radical (unpaired) electrons. The molecule has 0 amide bonds. The minimum atomic E-state index is -0.421. The van der Waals surface area contributed by atoms with Crippen molar-refractivity contribution in [2.75, 3.05) is 13.7 Å². The van der Waals surface area contributed by atoms with E-state index in [1.807, 2.05) is 24.3 Å². The Kier molecular flexibility index (Phi) is 5.85. The Labute approximate surface area is 160 Å². The molecule has 0 saturated heterocycles. The number of benzene rings is 1. The van der Waals surface area contributed by atoms with E-state index in [0.717, 1.165) is 23.1 Å². The van der Waals surface area contributed by atoms with Crippen LogP contribution in [0, 0.1) is 0 Å². The molecule has 1 N–H and O–H groups in total. The van der Waals surface area contributed by atoms with Gasteiger partial charge >= 0.3 is 5.97 Å². The van der Waals surface area contributed by atoms with Crippen LogP contribution in [0.1, 0.15) is 37.9 Å². The number of nitrogens with one attached hydrogen (secondary N) is 1. The standard InChI is InChI=1S/C19H22N4O3S/c1-4-5-10-20-12(2)17-14(11-16(24)26-3)22-23(18(17)25)19-21-13-8-6-7-9-15(13)27-19/h6-9,22H,4-5,10-11H2,1-3H3. The van der Waals surface area contributed by atoms with Crippen molar-refractivity contribution in [3.05, 3.63) is 45.9 Å². The third kappa shape index (κ3) is 4.00. The Morgan fingerprint density at radius 1 is 1.37 bits per heavy atom. The highest BCUT2D eigenvalue weighted by Gasteiger charge is 2.21. The summed E-state index contributed by atoms with van der Waals surface area (Å²) in [5.41, 5.74) is 2.08. The van der Waals surface area contributed by atoms with Crippen molar-refractivity contribution in [2.24, 2.45) is 4.99 Å². The smallest absolute Gasteiger partial charge is 0.311 e. The van der Waals surface area contributed by atoms with Crippen LogP contribution in [0.5, 0.6) is 0 Å². The van der Waals surface area contributed by atoms with E-state index in [1.165, 1.54) is 23.1 Å². The average Bonchev–Trinajstić information content (AvgIpc) is 3.22. The molecule has 8 heteroatoms. The molecule has 0 aliphatic carbocycles. The number of thiazole rings is 1. The molecule has 0 unspecified atom stereocenters. The minimum absolute atomic E-state index is 0.0282. The van der Waals surface area contributed by atoms with E-state index in [0.29, 0.717) is 28.6 Å². The number of para-hydroxylation sites is 1. The lowest BCUT2D eigenvalue weighted by Gasteiger charge is -2.01. The number of unbranched alkanes of at least 4 members (excludes halogenated alkanes) is 1. The predicted molar refractivity (Wildman–Crippen MR) is 107 cm³/mol. The average molecular weight is 386 g/mol. The van der Waals surface area contributed by atoms with Gasteiger partial charge in [-0.3, -0.25) is 19.7 Å². The van der Waals surface area contributed by atoms with Crippen LogP contribution in [0.25, 0.3) is 15.3 Å². The number of H-pyrrole nitrogens is 1. The number of esters is 1. The van der Waals surface area contributed by atoms with Crippen LogP contribution >= 0.6 is 11.3 Å². The topological polar surface area (TPSA) is 89.3 Å². The lowest BCUT2D eigenvalue weighted by atomic mass is 10.1. The number of hydrogen-bond acceptors (Lipinski definition) is 6. The van der Waals surface area contributed by atoms with Gasteiger partial charge in [-0.05, 0) is 25.5 Å². The van der Waals surface area contributed by atoms with E-state index in [2.05, 4.69) is 22.0 Å². The third-order valence-corrected chi connectivity index (χ3v) is 5.23. The number of ether oxygens (including phenoxy) is 1. The second-order valence-electron chi connectivity index (χ2n) is 6.14. The maximum absolute atomic E-state index is 13.1. The number of rotatable bonds is 7. The molecule has 0 atom stereocenters. The molecule has 142 valence electrons. The number of aromatic nitrogens is 3. The quantitative estimate of drug-likeness (QED) is 0.384. The minimum Gasteiger partial charge on any atom is -0.469 e. The summed E-state index contributed by atoms with van der Waals surface area (Å²) in [6, 6.07) is 7.69. The van der Waals surface area contributed by atoms with Crippen molar-refractivity contribution in [1.82, 2.24) is 14.8 Å². The SMILES string of the molecule is CCCCN=C(C)c1c(CC(=O)OC)[nH]n(-c2nc3ccccc3s2)c1=O. The van der Waals surface area contributed by atoms with Crippen molar-refractivity contribution in [1.29, 1.82) is 0 Å². The monoisotopic (exact) mass is 386 g/mol. The van der Waals surface area contributed by atoms with Gasteiger partial charge in [0, 0.05) is 12.3 Å². The van der Waals surface area contributed by atoms with Crippen LogP contribution in [0.15, 0.2) is 34.1 Å². The maximum Gasteiger partial charge on any atom is 0.311 e. The van der Waals surface area contributed by atoms with Crippen LogP contribution in [0.4, 0.5) is 0 Å². The Morgan fingerprint density at radius 2 is 2.15 bits per heavy atom. The molecule has 0 aliphatic heterocycles. The molecule has 2 aromatic heterocycles. The van der Waals surface area contributed by atoms with Crippen molar-refractivity contribution < 1.29 is 9.53 Å². The zero-order chi connectivity index (χ0) is 19.4. The molecular formula is C19H22N4O3S. The zero-order valence-corrected chi connectivity index (χ0v) is 16.4. The summed E-state index contributed by atoms with van der Waals surface area (Å²) in [4.78, 5) is 33.9. The number of nitrogens with zero attached hydrogens (tertiary/aromatic N) is 3. The van der Waals surface area contributed by atoms with E-state index in [-0.39, 0.29) is 12.0 Å². The fourth-order valence-corrected chi connectivity index (χ4v) is 3.70. The molecular weight excluding hydrogens is 364 g/mol. The van der Waals surface area contributed by atoms with Gasteiger partial charge in [0.05, 0.1) is 35.0 Å². The molecule has 0 saturated carbocycles. The first-order valence-corrected chi connectivity index (χ1v) is 9.64. The number of hydrogen-bond donors (Lipinski definition) is 1. The Bertz CT molecular complexity index is 1010. The van der Waals surface area contributed by atoms with Crippen molar-refractivity contribution in [3.63, 3.8) is 0 Å². The molecule has 3 aromatic rings. The summed E-state index contributed by atoms with van der Waals surface area (Å²) in [5.74, 6) is -0.421. The molecule has 7 nitrogen and oxygen atoms in total. The number of aromatic amines is 1. The van der Waals surface area contributed by atoms with Gasteiger partial charge in [0.1, 0.15) is 0 Å². The van der Waals surface area contributed by atoms with E-state index in [9.17, 15) is 9.59 Å². The predicted octanol–water partition coefficient (Wildman–Crippen LogP) is 3.10. The second kappa shape index (κ2) is 8.30. The first-order chi connectivity index (χ1) is 13.0. The van der Waals surface area contributed by atoms with Gasteiger partial charge in [0.2, 0.25) is 5.13 Å². The van der Waals surface area contributed by atoms with Gasteiger partial charge < -0.3 is 4.74 Å². The van der Waals surface area contributed by atoms with E-state index in [1.54, 1.807) is 6.92 Å². The molecule has 0 aliphatic rings. The number of fused-ring (bicyclic) bond motifs is 1. The molecule has 2 heterocycles. The summed E-state index contributed by atoms with van der Waals surface area (Å²) in [7, 11) is 1.33. The van der Waals surface area contributed by atoms with Gasteiger partial charge in [-0.2, -0.15) is 4.68 Å². The van der Waals surface area contributed by atoms with Crippen molar-refractivity contribution in [3.8, 4) is 5.13 Å². The molecule has 0 spiro atoms. The van der Waals surface area contributed by atoms with Crippen LogP contribution in [0.2, 0.25) is 0 Å². The summed E-state index contributed by atoms with van der Waals surface area (Å²) < 4.78 is 7.14. The second-order valence-corrected chi connectivity index (χ2v) is 7.15. The lowest BCUT2D eigenvalue weighted by molar-refractivity contribution is -0.139. The zero-order valence-electron chi connectivity index (χ0n) is 15.6. The summed E-state index contributed by atoms with van der Waals surface area (Å²) in [6.45, 7) is 4.53. The van der Waals surface area contributed by atoms with Crippen LogP contribution < -0.4 is 5.56 Å². The fourth-order valence-electron chi connectivity index (χ4n) is 2.77. The molecule has 1 aromatic carbocycles. The Morgan fingerprint density at radius 3 is 2.85 bits per heavy atom. The van der Waals surface area contributed by atoms with Gasteiger partial charge in [0.25, 0.3) is 5.56 Å². The number of methoxy groups -OCH3 is 1. The normalized spacial score (nSPS) is 11.9. The summed E-state index contributed by atoms with van der Waals surface area (Å²) in [5, 5.41) is 3.56. The van der Waals surface area contributed by atoms with Crippen molar-refractivity contribution >= 4 is 33.2 Å². The van der Waals surface area contributed by atoms with E-state index in [4.69, 9.17) is 4.74 Å². The molecule has 3 rings (SSSR count). The molecule has 0 fully saturated rings. The van der Waals surface area contributed by atoms with Crippen LogP contribution in [-0.4, -0.2) is 40.1 Å². The summed E-state index contributed by atoms with van der Waals surface area (Å²) >= 11 is 1.41. The fraction of sp³-hybridized carbons (Fsp3) is 0.368. The highest BCUT2D eigenvalue weighted by Crippen LogP contribution is 2.23. The van der Waals surface area contributed by atoms with Gasteiger partial charge in [-0.1, -0.05) is 36.8 Å². The maximum atomic E-state index is 13.1. The third-order valence-electron chi connectivity index (χ3n) is 4.21. The highest BCUT2D eigenvalue weighted by molar-refractivity contribution is 7.20. The van der Waals surface area contributed by atoms with Crippen LogP contribution in [-0.2, 0) is 16.0 Å². The van der Waals surface area contributed by atoms with E-state index >= 15 is 0 Å². The highest BCUT2D eigenvalue weighted by atomic mass is 32.1. The van der Waals surface area contributed by atoms with E-state index < -0.39 is 5.97 Å². The number of carbonyl (C=O) groups is 1.